The molecule has 2 heterocycles. The van der Waals surface area contributed by atoms with Gasteiger partial charge in [0.15, 0.2) is 6.29 Å². The van der Waals surface area contributed by atoms with Gasteiger partial charge >= 0.3 is 5.97 Å². The Bertz CT molecular complexity index is 683. The highest BCUT2D eigenvalue weighted by Gasteiger charge is 2.56. The van der Waals surface area contributed by atoms with Gasteiger partial charge in [-0.25, -0.2) is 0 Å². The molecule has 2 aliphatic heterocycles. The van der Waals surface area contributed by atoms with Crippen LogP contribution in [0.5, 0.6) is 0 Å². The fourth-order valence-corrected chi connectivity index (χ4v) is 3.79. The number of hydrogen-bond acceptors (Lipinski definition) is 13. The number of carbonyl (C=O) groups excluding carboxylic acids is 1. The van der Waals surface area contributed by atoms with E-state index in [4.69, 9.17) is 14.2 Å². The topological polar surface area (TPSA) is 248 Å². The molecule has 0 saturated carbocycles. The lowest BCUT2D eigenvalue weighted by Crippen LogP contribution is -2.61. The van der Waals surface area contributed by atoms with Crippen molar-refractivity contribution in [1.29, 1.82) is 0 Å². The van der Waals surface area contributed by atoms with Crippen LogP contribution in [0.15, 0.2) is 0 Å². The van der Waals surface area contributed by atoms with E-state index in [1.807, 2.05) is 0 Å². The highest BCUT2D eigenvalue weighted by Crippen LogP contribution is 2.34. The molecule has 0 aromatic rings. The van der Waals surface area contributed by atoms with E-state index in [0.29, 0.717) is 6.54 Å². The van der Waals surface area contributed by atoms with Gasteiger partial charge < -0.3 is 60.4 Å². The molecule has 2 unspecified atom stereocenters. The maximum Gasteiger partial charge on any atom is 0.320 e. The van der Waals surface area contributed by atoms with Gasteiger partial charge in [-0.2, -0.15) is 0 Å². The third kappa shape index (κ3) is 6.58. The highest BCUT2D eigenvalue weighted by atomic mass is 16.7. The number of rotatable bonds is 12. The van der Waals surface area contributed by atoms with Crippen molar-refractivity contribution in [3.63, 3.8) is 0 Å². The highest BCUT2D eigenvalue weighted by molar-refractivity contribution is 5.78. The van der Waals surface area contributed by atoms with Gasteiger partial charge in [-0.05, 0) is 13.3 Å². The lowest BCUT2D eigenvalue weighted by atomic mass is 9.98. The van der Waals surface area contributed by atoms with E-state index in [2.05, 4.69) is 10.6 Å². The van der Waals surface area contributed by atoms with Crippen molar-refractivity contribution in [1.82, 2.24) is 10.6 Å². The first-order chi connectivity index (χ1) is 16.0. The monoisotopic (exact) mass is 498 g/mol. The molecule has 2 aliphatic rings. The number of amides is 1. The Morgan fingerprint density at radius 3 is 2.26 bits per heavy atom. The molecule has 2 rings (SSSR count). The first-order valence-electron chi connectivity index (χ1n) is 10.9. The molecule has 0 radical (unpaired) electrons. The number of carboxylic acid groups (broad SMARTS) is 1. The molecule has 2 fully saturated rings. The predicted octanol–water partition coefficient (Wildman–Crippen LogP) is -5.43. The summed E-state index contributed by atoms with van der Waals surface area (Å²) in [6.07, 6.45) is -13.2. The third-order valence-corrected chi connectivity index (χ3v) is 5.75. The molecule has 0 spiro atoms. The number of aliphatic hydroxyl groups excluding tert-OH is 6. The minimum Gasteiger partial charge on any atom is -0.480 e. The molecule has 1 amide bonds. The number of aliphatic hydroxyl groups is 7. The Labute approximate surface area is 194 Å². The zero-order valence-corrected chi connectivity index (χ0v) is 18.6. The Morgan fingerprint density at radius 2 is 1.71 bits per heavy atom. The van der Waals surface area contributed by atoms with Crippen molar-refractivity contribution in [2.24, 2.45) is 0 Å². The molecule has 34 heavy (non-hydrogen) atoms. The fraction of sp³-hybridized carbons (Fsp3) is 0.895. The second kappa shape index (κ2) is 12.5. The Kier molecular flexibility index (Phi) is 10.5. The van der Waals surface area contributed by atoms with E-state index in [1.54, 1.807) is 6.92 Å². The minimum atomic E-state index is -2.44. The first-order valence-corrected chi connectivity index (χ1v) is 10.9. The lowest BCUT2D eigenvalue weighted by Gasteiger charge is -2.41. The summed E-state index contributed by atoms with van der Waals surface area (Å²) in [5, 5.41) is 84.6. The van der Waals surface area contributed by atoms with Gasteiger partial charge in [-0.1, -0.05) is 0 Å². The zero-order chi connectivity index (χ0) is 25.6. The van der Waals surface area contributed by atoms with Crippen LogP contribution in [0.2, 0.25) is 0 Å². The number of hydrogen-bond donors (Lipinski definition) is 10. The van der Waals surface area contributed by atoms with Crippen LogP contribution < -0.4 is 10.6 Å². The van der Waals surface area contributed by atoms with Crippen molar-refractivity contribution in [3.8, 4) is 0 Å². The number of ether oxygens (including phenoxy) is 3. The van der Waals surface area contributed by atoms with Crippen molar-refractivity contribution in [3.05, 3.63) is 0 Å². The number of nitrogens with one attached hydrogen (secondary N) is 2. The number of aliphatic carboxylic acids is 1. The fourth-order valence-electron chi connectivity index (χ4n) is 3.79. The van der Waals surface area contributed by atoms with Gasteiger partial charge in [0.05, 0.1) is 19.8 Å². The summed E-state index contributed by atoms with van der Waals surface area (Å²) >= 11 is 0. The quantitative estimate of drug-likeness (QED) is 0.121. The Balaban J connectivity index is 2.05. The van der Waals surface area contributed by atoms with Gasteiger partial charge in [0.1, 0.15) is 48.8 Å². The van der Waals surface area contributed by atoms with E-state index in [0.717, 1.165) is 0 Å². The third-order valence-electron chi connectivity index (χ3n) is 5.75. The summed E-state index contributed by atoms with van der Waals surface area (Å²) in [6.45, 7) is -0.0349. The van der Waals surface area contributed by atoms with Gasteiger partial charge in [-0.15, -0.1) is 0 Å². The van der Waals surface area contributed by atoms with Gasteiger partial charge in [0.2, 0.25) is 11.7 Å². The summed E-state index contributed by atoms with van der Waals surface area (Å²) in [5.41, 5.74) is 0. The van der Waals surface area contributed by atoms with Crippen LogP contribution in [0.25, 0.3) is 0 Å². The van der Waals surface area contributed by atoms with E-state index >= 15 is 0 Å². The largest absolute Gasteiger partial charge is 0.480 e. The van der Waals surface area contributed by atoms with Gasteiger partial charge in [0.25, 0.3) is 0 Å². The molecule has 10 atom stereocenters. The second-order valence-electron chi connectivity index (χ2n) is 8.19. The summed E-state index contributed by atoms with van der Waals surface area (Å²) in [4.78, 5) is 23.1. The average Bonchev–Trinajstić information content (AvgIpc) is 3.03. The number of carbonyl (C=O) groups is 2. The molecule has 10 N–H and O–H groups in total. The SMILES string of the molecule is CCNC(=O)CC[C@H](NCC1(O)O[C@H](CO)C(O[C@H]2O[C@H](CO)[C@@H](O)[C@H](O)[C@H]2O)[C@@H]1O)C(=O)O. The van der Waals surface area contributed by atoms with Crippen molar-refractivity contribution in [2.75, 3.05) is 26.3 Å². The maximum atomic E-state index is 11.6. The van der Waals surface area contributed by atoms with E-state index < -0.39 is 86.6 Å². The minimum absolute atomic E-state index is 0.109. The Hall–Kier alpha value is -1.50. The molecular weight excluding hydrogens is 464 g/mol. The van der Waals surface area contributed by atoms with Crippen LogP contribution in [-0.4, -0.2) is 140 Å². The van der Waals surface area contributed by atoms with Crippen LogP contribution in [0.1, 0.15) is 19.8 Å². The molecule has 15 nitrogen and oxygen atoms in total. The molecule has 0 aromatic carbocycles. The predicted molar refractivity (Wildman–Crippen MR) is 109 cm³/mol. The first kappa shape index (κ1) is 28.7. The van der Waals surface area contributed by atoms with Gasteiger partial charge in [-0.3, -0.25) is 14.9 Å². The van der Waals surface area contributed by atoms with Crippen molar-refractivity contribution in [2.45, 2.75) is 80.6 Å². The molecule has 198 valence electrons. The van der Waals surface area contributed by atoms with Crippen LogP contribution in [0.4, 0.5) is 0 Å². The lowest BCUT2D eigenvalue weighted by molar-refractivity contribution is -0.318. The van der Waals surface area contributed by atoms with Crippen LogP contribution >= 0.6 is 0 Å². The molecular formula is C19H34N2O13. The smallest absolute Gasteiger partial charge is 0.320 e. The van der Waals surface area contributed by atoms with E-state index in [9.17, 15) is 50.4 Å². The van der Waals surface area contributed by atoms with Crippen LogP contribution in [-0.2, 0) is 23.8 Å². The average molecular weight is 498 g/mol. The zero-order valence-electron chi connectivity index (χ0n) is 18.6. The van der Waals surface area contributed by atoms with E-state index in [1.165, 1.54) is 0 Å². The molecule has 0 aromatic heterocycles. The Morgan fingerprint density at radius 1 is 1.06 bits per heavy atom. The van der Waals surface area contributed by atoms with Crippen molar-refractivity contribution >= 4 is 11.9 Å². The summed E-state index contributed by atoms with van der Waals surface area (Å²) in [6, 6.07) is -1.28. The normalized spacial score (nSPS) is 39.1. The summed E-state index contributed by atoms with van der Waals surface area (Å²) in [5.74, 6) is -4.11. The standard InChI is InChI=1S/C19H34N2O13/c1-2-20-11(24)4-3-8(17(29)30)21-7-19(31)16(28)15(10(6-23)34-19)33-18-14(27)13(26)12(25)9(5-22)32-18/h8-10,12-16,18,21-23,25-28,31H,2-7H2,1H3,(H,20,24)(H,29,30)/t8-,9+,10+,12+,13-,14+,15?,16-,18+,19?/m0/s1. The van der Waals surface area contributed by atoms with Crippen molar-refractivity contribution < 1.29 is 64.7 Å². The van der Waals surface area contributed by atoms with Crippen LogP contribution in [0, 0.1) is 0 Å². The summed E-state index contributed by atoms with van der Waals surface area (Å²) in [7, 11) is 0. The van der Waals surface area contributed by atoms with Crippen LogP contribution in [0.3, 0.4) is 0 Å². The molecule has 2 saturated heterocycles. The molecule has 0 aliphatic carbocycles. The summed E-state index contributed by atoms with van der Waals surface area (Å²) < 4.78 is 15.9. The number of carboxylic acids is 1. The second-order valence-corrected chi connectivity index (χ2v) is 8.19. The molecule has 15 heteroatoms. The molecule has 0 bridgehead atoms. The maximum absolute atomic E-state index is 11.6. The van der Waals surface area contributed by atoms with Gasteiger partial charge in [0, 0.05) is 13.0 Å². The van der Waals surface area contributed by atoms with E-state index in [-0.39, 0.29) is 18.7 Å².